The van der Waals surface area contributed by atoms with E-state index in [9.17, 15) is 13.2 Å². The molecular weight excluding hydrogens is 279 g/mol. The minimum absolute atomic E-state index is 0.176. The number of aryl methyl sites for hydroxylation is 1. The van der Waals surface area contributed by atoms with Gasteiger partial charge in [-0.05, 0) is 12.5 Å². The molecule has 1 aliphatic rings. The lowest BCUT2D eigenvalue weighted by Crippen LogP contribution is -2.16. The Kier molecular flexibility index (Phi) is 3.41. The third-order valence-corrected chi connectivity index (χ3v) is 3.48. The molecule has 0 radical (unpaired) electrons. The molecule has 21 heavy (non-hydrogen) atoms. The summed E-state index contributed by atoms with van der Waals surface area (Å²) in [5.41, 5.74) is 1.84. The summed E-state index contributed by atoms with van der Waals surface area (Å²) in [5.74, 6) is 0.216. The van der Waals surface area contributed by atoms with Crippen molar-refractivity contribution in [2.75, 3.05) is 0 Å². The van der Waals surface area contributed by atoms with Crippen LogP contribution in [0.5, 0.6) is 0 Å². The van der Waals surface area contributed by atoms with E-state index in [0.29, 0.717) is 18.7 Å². The van der Waals surface area contributed by atoms with Crippen LogP contribution in [0.25, 0.3) is 0 Å². The zero-order valence-corrected chi connectivity index (χ0v) is 11.5. The maximum atomic E-state index is 13.1. The van der Waals surface area contributed by atoms with E-state index in [1.165, 1.54) is 0 Å². The number of halogens is 3. The van der Waals surface area contributed by atoms with Crippen LogP contribution >= 0.6 is 0 Å². The normalized spacial score (nSPS) is 14.3. The Balaban J connectivity index is 1.98. The Bertz CT molecular complexity index is 663. The molecule has 2 aromatic rings. The molecule has 1 aromatic carbocycles. The van der Waals surface area contributed by atoms with Crippen molar-refractivity contribution >= 4 is 0 Å². The van der Waals surface area contributed by atoms with Gasteiger partial charge in [-0.2, -0.15) is 13.2 Å². The van der Waals surface area contributed by atoms with E-state index in [0.717, 1.165) is 11.1 Å². The molecule has 0 saturated carbocycles. The van der Waals surface area contributed by atoms with E-state index in [1.807, 2.05) is 31.2 Å². The molecule has 1 aliphatic heterocycles. The molecule has 0 unspecified atom stereocenters. The highest BCUT2D eigenvalue weighted by Gasteiger charge is 2.38. The summed E-state index contributed by atoms with van der Waals surface area (Å²) in [4.78, 5) is 8.03. The predicted octanol–water partition coefficient (Wildman–Crippen LogP) is 3.00. The number of hydrogen-bond acceptors (Lipinski definition) is 3. The summed E-state index contributed by atoms with van der Waals surface area (Å²) < 4.78 is 39.3. The van der Waals surface area contributed by atoms with Crippen molar-refractivity contribution in [3.8, 4) is 0 Å². The van der Waals surface area contributed by atoms with Crippen LogP contribution in [0.15, 0.2) is 24.3 Å². The third-order valence-electron chi connectivity index (χ3n) is 3.48. The molecular formula is C15H14F3N3. The van der Waals surface area contributed by atoms with Gasteiger partial charge in [0.15, 0.2) is 5.69 Å². The van der Waals surface area contributed by atoms with Crippen LogP contribution in [-0.2, 0) is 25.7 Å². The van der Waals surface area contributed by atoms with Crippen molar-refractivity contribution in [3.05, 3.63) is 58.2 Å². The molecule has 0 bridgehead atoms. The van der Waals surface area contributed by atoms with Crippen molar-refractivity contribution in [2.45, 2.75) is 32.6 Å². The fourth-order valence-electron chi connectivity index (χ4n) is 2.42. The van der Waals surface area contributed by atoms with Crippen LogP contribution in [0.4, 0.5) is 13.2 Å². The number of aromatic nitrogens is 2. The van der Waals surface area contributed by atoms with E-state index in [1.54, 1.807) is 0 Å². The van der Waals surface area contributed by atoms with Crippen LogP contribution in [0.2, 0.25) is 0 Å². The summed E-state index contributed by atoms with van der Waals surface area (Å²) >= 11 is 0. The average Bonchev–Trinajstić information content (AvgIpc) is 2.87. The number of hydrogen-bond donors (Lipinski definition) is 1. The van der Waals surface area contributed by atoms with Crippen LogP contribution in [0.1, 0.15) is 33.9 Å². The Morgan fingerprint density at radius 1 is 1.10 bits per heavy atom. The van der Waals surface area contributed by atoms with Crippen molar-refractivity contribution in [1.29, 1.82) is 0 Å². The molecule has 0 fully saturated rings. The number of fused-ring (bicyclic) bond motifs is 1. The van der Waals surface area contributed by atoms with Crippen LogP contribution in [-0.4, -0.2) is 9.97 Å². The molecule has 6 heteroatoms. The average molecular weight is 293 g/mol. The summed E-state index contributed by atoms with van der Waals surface area (Å²) in [6.07, 6.45) is -4.14. The van der Waals surface area contributed by atoms with Gasteiger partial charge in [-0.1, -0.05) is 29.8 Å². The smallest absolute Gasteiger partial charge is 0.307 e. The van der Waals surface area contributed by atoms with E-state index >= 15 is 0 Å². The molecule has 0 spiro atoms. The molecule has 0 atom stereocenters. The van der Waals surface area contributed by atoms with E-state index in [2.05, 4.69) is 15.3 Å². The Morgan fingerprint density at radius 3 is 2.48 bits per heavy atom. The standard InChI is InChI=1S/C15H14F3N3/c1-9-2-4-10(5-3-9)6-13-20-12-8-19-7-11(12)14(21-13)15(16,17)18/h2-5,19H,6-8H2,1H3. The maximum Gasteiger partial charge on any atom is 0.433 e. The summed E-state index contributed by atoms with van der Waals surface area (Å²) in [5, 5.41) is 2.90. The number of rotatable bonds is 2. The lowest BCUT2D eigenvalue weighted by molar-refractivity contribution is -0.142. The van der Waals surface area contributed by atoms with Crippen molar-refractivity contribution < 1.29 is 13.2 Å². The van der Waals surface area contributed by atoms with Gasteiger partial charge in [0.05, 0.1) is 5.69 Å². The Labute approximate surface area is 120 Å². The van der Waals surface area contributed by atoms with Crippen LogP contribution < -0.4 is 5.32 Å². The molecule has 1 N–H and O–H groups in total. The van der Waals surface area contributed by atoms with Crippen LogP contribution in [0, 0.1) is 6.92 Å². The highest BCUT2D eigenvalue weighted by atomic mass is 19.4. The van der Waals surface area contributed by atoms with Crippen molar-refractivity contribution in [1.82, 2.24) is 15.3 Å². The van der Waals surface area contributed by atoms with Crippen molar-refractivity contribution in [3.63, 3.8) is 0 Å². The first-order chi connectivity index (χ1) is 9.93. The number of nitrogens with one attached hydrogen (secondary N) is 1. The molecule has 0 amide bonds. The van der Waals surface area contributed by atoms with Gasteiger partial charge in [0.2, 0.25) is 0 Å². The van der Waals surface area contributed by atoms with Gasteiger partial charge in [-0.25, -0.2) is 9.97 Å². The van der Waals surface area contributed by atoms with Gasteiger partial charge < -0.3 is 5.32 Å². The summed E-state index contributed by atoms with van der Waals surface area (Å²) in [7, 11) is 0. The molecule has 2 heterocycles. The molecule has 110 valence electrons. The highest BCUT2D eigenvalue weighted by Crippen LogP contribution is 2.33. The molecule has 0 aliphatic carbocycles. The van der Waals surface area contributed by atoms with E-state index < -0.39 is 11.9 Å². The van der Waals surface area contributed by atoms with Gasteiger partial charge >= 0.3 is 6.18 Å². The zero-order chi connectivity index (χ0) is 15.0. The van der Waals surface area contributed by atoms with Crippen LogP contribution in [0.3, 0.4) is 0 Å². The number of benzene rings is 1. The monoisotopic (exact) mass is 293 g/mol. The quantitative estimate of drug-likeness (QED) is 0.925. The molecule has 3 rings (SSSR count). The third kappa shape index (κ3) is 2.90. The van der Waals surface area contributed by atoms with Gasteiger partial charge in [0, 0.05) is 25.1 Å². The van der Waals surface area contributed by atoms with Gasteiger partial charge in [0.1, 0.15) is 5.82 Å². The fourth-order valence-corrected chi connectivity index (χ4v) is 2.42. The van der Waals surface area contributed by atoms with Gasteiger partial charge in [-0.3, -0.25) is 0 Å². The minimum Gasteiger partial charge on any atom is -0.307 e. The van der Waals surface area contributed by atoms with Crippen molar-refractivity contribution in [2.24, 2.45) is 0 Å². The predicted molar refractivity (Wildman–Crippen MR) is 71.6 cm³/mol. The van der Waals surface area contributed by atoms with Gasteiger partial charge in [-0.15, -0.1) is 0 Å². The minimum atomic E-state index is -4.44. The first-order valence-corrected chi connectivity index (χ1v) is 6.65. The topological polar surface area (TPSA) is 37.8 Å². The summed E-state index contributed by atoms with van der Waals surface area (Å²) in [6.45, 7) is 2.50. The second-order valence-electron chi connectivity index (χ2n) is 5.18. The Hall–Kier alpha value is -1.95. The SMILES string of the molecule is Cc1ccc(Cc2nc3c(c(C(F)(F)F)n2)CNC3)cc1. The first-order valence-electron chi connectivity index (χ1n) is 6.65. The maximum absolute atomic E-state index is 13.1. The zero-order valence-electron chi connectivity index (χ0n) is 11.5. The van der Waals surface area contributed by atoms with E-state index in [-0.39, 0.29) is 17.9 Å². The molecule has 1 aromatic heterocycles. The number of alkyl halides is 3. The second kappa shape index (κ2) is 5.11. The first kappa shape index (κ1) is 14.0. The van der Waals surface area contributed by atoms with E-state index in [4.69, 9.17) is 0 Å². The second-order valence-corrected chi connectivity index (χ2v) is 5.18. The fraction of sp³-hybridized carbons (Fsp3) is 0.333. The molecule has 0 saturated heterocycles. The lowest BCUT2D eigenvalue weighted by Gasteiger charge is -2.12. The Morgan fingerprint density at radius 2 is 1.81 bits per heavy atom. The highest BCUT2D eigenvalue weighted by molar-refractivity contribution is 5.32. The van der Waals surface area contributed by atoms with Gasteiger partial charge in [0.25, 0.3) is 0 Å². The molecule has 3 nitrogen and oxygen atoms in total. The lowest BCUT2D eigenvalue weighted by atomic mass is 10.1. The number of nitrogens with zero attached hydrogens (tertiary/aromatic N) is 2. The summed E-state index contributed by atoms with van der Waals surface area (Å²) in [6, 6.07) is 7.62. The largest absolute Gasteiger partial charge is 0.433 e.